The van der Waals surface area contributed by atoms with Crippen LogP contribution < -0.4 is 5.32 Å². The molecule has 0 saturated carbocycles. The van der Waals surface area contributed by atoms with Crippen molar-refractivity contribution in [2.24, 2.45) is 0 Å². The van der Waals surface area contributed by atoms with E-state index in [-0.39, 0.29) is 12.6 Å². The van der Waals surface area contributed by atoms with Crippen molar-refractivity contribution in [2.45, 2.75) is 46.1 Å². The zero-order valence-electron chi connectivity index (χ0n) is 10.3. The number of aryl methyl sites for hydroxylation is 2. The summed E-state index contributed by atoms with van der Waals surface area (Å²) in [6, 6.07) is 2.26. The van der Waals surface area contributed by atoms with E-state index in [9.17, 15) is 0 Å². The molecule has 1 aromatic heterocycles. The maximum absolute atomic E-state index is 8.93. The van der Waals surface area contributed by atoms with Gasteiger partial charge in [0.1, 0.15) is 11.6 Å². The van der Waals surface area contributed by atoms with Crippen LogP contribution in [0.1, 0.15) is 38.2 Å². The molecule has 0 aliphatic carbocycles. The maximum atomic E-state index is 8.93. The minimum absolute atomic E-state index is 0.205. The predicted octanol–water partition coefficient (Wildman–Crippen LogP) is 1.92. The second-order valence-corrected chi connectivity index (χ2v) is 3.91. The fourth-order valence-corrected chi connectivity index (χ4v) is 1.63. The Labute approximate surface area is 97.1 Å². The van der Waals surface area contributed by atoms with Crippen LogP contribution in [0.3, 0.4) is 0 Å². The van der Waals surface area contributed by atoms with Crippen molar-refractivity contribution in [3.63, 3.8) is 0 Å². The summed E-state index contributed by atoms with van der Waals surface area (Å²) in [4.78, 5) is 8.68. The molecule has 1 rings (SSSR count). The number of aromatic nitrogens is 2. The monoisotopic (exact) mass is 223 g/mol. The largest absolute Gasteiger partial charge is 0.396 e. The molecule has 1 aromatic rings. The Kier molecular flexibility index (Phi) is 5.19. The third-order valence-corrected chi connectivity index (χ3v) is 2.58. The minimum Gasteiger partial charge on any atom is -0.396 e. The lowest BCUT2D eigenvalue weighted by Gasteiger charge is -2.16. The van der Waals surface area contributed by atoms with Gasteiger partial charge < -0.3 is 10.4 Å². The number of hydrogen-bond donors (Lipinski definition) is 2. The molecule has 2 N–H and O–H groups in total. The highest BCUT2D eigenvalue weighted by Gasteiger charge is 2.07. The summed E-state index contributed by atoms with van der Waals surface area (Å²) in [7, 11) is 0. The van der Waals surface area contributed by atoms with Gasteiger partial charge in [-0.15, -0.1) is 0 Å². The molecular formula is C12H21N3O. The quantitative estimate of drug-likeness (QED) is 0.773. The minimum atomic E-state index is 0.205. The van der Waals surface area contributed by atoms with Gasteiger partial charge in [0.25, 0.3) is 0 Å². The average molecular weight is 223 g/mol. The molecule has 16 heavy (non-hydrogen) atoms. The molecular weight excluding hydrogens is 202 g/mol. The van der Waals surface area contributed by atoms with Gasteiger partial charge in [-0.3, -0.25) is 0 Å². The molecule has 0 aliphatic heterocycles. The van der Waals surface area contributed by atoms with Crippen LogP contribution in [-0.4, -0.2) is 27.7 Å². The zero-order chi connectivity index (χ0) is 12.0. The van der Waals surface area contributed by atoms with Crippen LogP contribution in [0.25, 0.3) is 0 Å². The standard InChI is InChI=1S/C12H21N3O/c1-4-10(6-7-16)15-12-8-11(5-2)13-9(3)14-12/h8,10,16H,4-7H2,1-3H3,(H,13,14,15). The molecule has 1 unspecified atom stereocenters. The van der Waals surface area contributed by atoms with Gasteiger partial charge in [0.05, 0.1) is 0 Å². The van der Waals surface area contributed by atoms with Crippen molar-refractivity contribution >= 4 is 5.82 Å². The molecule has 0 aliphatic rings. The summed E-state index contributed by atoms with van der Waals surface area (Å²) in [6.45, 7) is 6.28. The lowest BCUT2D eigenvalue weighted by molar-refractivity contribution is 0.278. The van der Waals surface area contributed by atoms with Crippen molar-refractivity contribution in [1.82, 2.24) is 9.97 Å². The Balaban J connectivity index is 2.74. The Morgan fingerprint density at radius 1 is 1.38 bits per heavy atom. The van der Waals surface area contributed by atoms with Crippen molar-refractivity contribution in [1.29, 1.82) is 0 Å². The Bertz CT molecular complexity index is 328. The van der Waals surface area contributed by atoms with E-state index in [1.165, 1.54) is 0 Å². The predicted molar refractivity (Wildman–Crippen MR) is 65.6 cm³/mol. The SMILES string of the molecule is CCc1cc(NC(CC)CCO)nc(C)n1. The first-order chi connectivity index (χ1) is 7.69. The van der Waals surface area contributed by atoms with E-state index in [0.29, 0.717) is 0 Å². The second-order valence-electron chi connectivity index (χ2n) is 3.91. The topological polar surface area (TPSA) is 58.0 Å². The van der Waals surface area contributed by atoms with E-state index in [2.05, 4.69) is 29.1 Å². The summed E-state index contributed by atoms with van der Waals surface area (Å²) < 4.78 is 0. The van der Waals surface area contributed by atoms with Gasteiger partial charge in [0.2, 0.25) is 0 Å². The first-order valence-corrected chi connectivity index (χ1v) is 5.91. The number of hydrogen-bond acceptors (Lipinski definition) is 4. The van der Waals surface area contributed by atoms with Crippen molar-refractivity contribution < 1.29 is 5.11 Å². The molecule has 90 valence electrons. The number of rotatable bonds is 6. The third-order valence-electron chi connectivity index (χ3n) is 2.58. The van der Waals surface area contributed by atoms with Crippen LogP contribution in [0.4, 0.5) is 5.82 Å². The van der Waals surface area contributed by atoms with Gasteiger partial charge in [-0.1, -0.05) is 13.8 Å². The first-order valence-electron chi connectivity index (χ1n) is 5.91. The number of aliphatic hydroxyl groups is 1. The Hall–Kier alpha value is -1.16. The molecule has 4 heteroatoms. The van der Waals surface area contributed by atoms with Crippen LogP contribution in [0.15, 0.2) is 6.07 Å². The number of aliphatic hydroxyl groups excluding tert-OH is 1. The van der Waals surface area contributed by atoms with E-state index in [1.54, 1.807) is 0 Å². The molecule has 0 spiro atoms. The highest BCUT2D eigenvalue weighted by Crippen LogP contribution is 2.11. The summed E-state index contributed by atoms with van der Waals surface area (Å²) in [5, 5.41) is 12.3. The molecule has 0 aromatic carbocycles. The van der Waals surface area contributed by atoms with Crippen LogP contribution in [0.2, 0.25) is 0 Å². The average Bonchev–Trinajstić information content (AvgIpc) is 2.27. The number of nitrogens with zero attached hydrogens (tertiary/aromatic N) is 2. The molecule has 0 fully saturated rings. The van der Waals surface area contributed by atoms with E-state index in [1.807, 2.05) is 13.0 Å². The van der Waals surface area contributed by atoms with Crippen LogP contribution in [0.5, 0.6) is 0 Å². The smallest absolute Gasteiger partial charge is 0.130 e. The molecule has 4 nitrogen and oxygen atoms in total. The van der Waals surface area contributed by atoms with Gasteiger partial charge in [-0.05, 0) is 26.2 Å². The summed E-state index contributed by atoms with van der Waals surface area (Å²) in [5.74, 6) is 1.66. The molecule has 1 heterocycles. The van der Waals surface area contributed by atoms with E-state index < -0.39 is 0 Å². The fraction of sp³-hybridized carbons (Fsp3) is 0.667. The second kappa shape index (κ2) is 6.43. The van der Waals surface area contributed by atoms with Crippen LogP contribution in [0, 0.1) is 6.92 Å². The maximum Gasteiger partial charge on any atom is 0.130 e. The van der Waals surface area contributed by atoms with Gasteiger partial charge >= 0.3 is 0 Å². The van der Waals surface area contributed by atoms with Crippen molar-refractivity contribution in [2.75, 3.05) is 11.9 Å². The Morgan fingerprint density at radius 2 is 2.12 bits per heavy atom. The summed E-state index contributed by atoms with van der Waals surface area (Å²) in [5.41, 5.74) is 1.05. The van der Waals surface area contributed by atoms with Crippen LogP contribution in [-0.2, 0) is 6.42 Å². The molecule has 0 saturated heterocycles. The third kappa shape index (κ3) is 3.77. The highest BCUT2D eigenvalue weighted by atomic mass is 16.3. The van der Waals surface area contributed by atoms with Gasteiger partial charge in [0, 0.05) is 24.4 Å². The molecule has 0 radical (unpaired) electrons. The van der Waals surface area contributed by atoms with Gasteiger partial charge in [0.15, 0.2) is 0 Å². The van der Waals surface area contributed by atoms with Crippen molar-refractivity contribution in [3.8, 4) is 0 Å². The molecule has 0 amide bonds. The summed E-state index contributed by atoms with van der Waals surface area (Å²) >= 11 is 0. The fourth-order valence-electron chi connectivity index (χ4n) is 1.63. The number of anilines is 1. The van der Waals surface area contributed by atoms with Crippen molar-refractivity contribution in [3.05, 3.63) is 17.6 Å². The first kappa shape index (κ1) is 12.9. The Morgan fingerprint density at radius 3 is 2.69 bits per heavy atom. The van der Waals surface area contributed by atoms with Crippen LogP contribution >= 0.6 is 0 Å². The van der Waals surface area contributed by atoms with Gasteiger partial charge in [-0.2, -0.15) is 0 Å². The molecule has 1 atom stereocenters. The zero-order valence-corrected chi connectivity index (χ0v) is 10.3. The lowest BCUT2D eigenvalue weighted by Crippen LogP contribution is -2.21. The van der Waals surface area contributed by atoms with E-state index in [0.717, 1.165) is 36.6 Å². The summed E-state index contributed by atoms with van der Waals surface area (Å²) in [6.07, 6.45) is 2.64. The highest BCUT2D eigenvalue weighted by molar-refractivity contribution is 5.37. The lowest BCUT2D eigenvalue weighted by atomic mass is 10.1. The van der Waals surface area contributed by atoms with E-state index in [4.69, 9.17) is 5.11 Å². The number of nitrogens with one attached hydrogen (secondary N) is 1. The normalized spacial score (nSPS) is 12.5. The molecule has 0 bridgehead atoms. The van der Waals surface area contributed by atoms with Gasteiger partial charge in [-0.25, -0.2) is 9.97 Å². The van der Waals surface area contributed by atoms with E-state index >= 15 is 0 Å².